The highest BCUT2D eigenvalue weighted by Crippen LogP contribution is 2.11. The molecule has 0 bridgehead atoms. The van der Waals surface area contributed by atoms with E-state index in [9.17, 15) is 0 Å². The van der Waals surface area contributed by atoms with E-state index < -0.39 is 0 Å². The van der Waals surface area contributed by atoms with Gasteiger partial charge >= 0.3 is 0 Å². The molecule has 1 aromatic rings. The Morgan fingerprint density at radius 3 is 2.53 bits per heavy atom. The van der Waals surface area contributed by atoms with Crippen LogP contribution in [-0.4, -0.2) is 32.1 Å². The average molecular weight is 344 g/mol. The highest BCUT2D eigenvalue weighted by atomic mass is 79.9. The van der Waals surface area contributed by atoms with Crippen LogP contribution in [0.25, 0.3) is 0 Å². The smallest absolute Gasteiger partial charge is 0.0205 e. The molecule has 100 valence electrons. The van der Waals surface area contributed by atoms with Crippen molar-refractivity contribution in [3.63, 3.8) is 0 Å². The Bertz CT molecular complexity index is 296. The van der Waals surface area contributed by atoms with Crippen molar-refractivity contribution in [3.8, 4) is 0 Å². The number of rotatable bonds is 6. The van der Waals surface area contributed by atoms with Crippen LogP contribution in [0.3, 0.4) is 0 Å². The SMILES string of the molecule is CN(C)CCCNCc1cccc(Br)c1.Cl.Cl. The summed E-state index contributed by atoms with van der Waals surface area (Å²) in [6, 6.07) is 8.42. The van der Waals surface area contributed by atoms with E-state index in [0.29, 0.717) is 0 Å². The van der Waals surface area contributed by atoms with Crippen molar-refractivity contribution in [1.82, 2.24) is 10.2 Å². The summed E-state index contributed by atoms with van der Waals surface area (Å²) < 4.78 is 1.15. The summed E-state index contributed by atoms with van der Waals surface area (Å²) in [6.45, 7) is 3.17. The lowest BCUT2D eigenvalue weighted by Gasteiger charge is -2.09. The van der Waals surface area contributed by atoms with Gasteiger partial charge in [-0.15, -0.1) is 24.8 Å². The molecule has 0 aromatic heterocycles. The highest BCUT2D eigenvalue weighted by molar-refractivity contribution is 9.10. The lowest BCUT2D eigenvalue weighted by atomic mass is 10.2. The third-order valence-electron chi connectivity index (χ3n) is 2.18. The second-order valence-electron chi connectivity index (χ2n) is 3.96. The van der Waals surface area contributed by atoms with E-state index in [1.165, 1.54) is 12.0 Å². The second kappa shape index (κ2) is 11.3. The van der Waals surface area contributed by atoms with Gasteiger partial charge in [-0.3, -0.25) is 0 Å². The van der Waals surface area contributed by atoms with Gasteiger partial charge in [0.2, 0.25) is 0 Å². The van der Waals surface area contributed by atoms with Gasteiger partial charge in [-0.25, -0.2) is 0 Å². The second-order valence-corrected chi connectivity index (χ2v) is 4.88. The van der Waals surface area contributed by atoms with E-state index in [1.54, 1.807) is 0 Å². The molecule has 0 aliphatic rings. The van der Waals surface area contributed by atoms with Crippen molar-refractivity contribution in [2.45, 2.75) is 13.0 Å². The van der Waals surface area contributed by atoms with Gasteiger partial charge in [0, 0.05) is 11.0 Å². The molecule has 2 nitrogen and oxygen atoms in total. The zero-order chi connectivity index (χ0) is 11.1. The molecule has 0 spiro atoms. The van der Waals surface area contributed by atoms with E-state index in [-0.39, 0.29) is 24.8 Å². The fourth-order valence-corrected chi connectivity index (χ4v) is 1.85. The van der Waals surface area contributed by atoms with Crippen LogP contribution in [0.2, 0.25) is 0 Å². The van der Waals surface area contributed by atoms with Crippen LogP contribution in [0.4, 0.5) is 0 Å². The summed E-state index contributed by atoms with van der Waals surface area (Å²) in [5.41, 5.74) is 1.33. The van der Waals surface area contributed by atoms with E-state index in [1.807, 2.05) is 0 Å². The monoisotopic (exact) mass is 342 g/mol. The first-order valence-electron chi connectivity index (χ1n) is 5.28. The Hall–Kier alpha value is 0.200. The number of nitrogens with one attached hydrogen (secondary N) is 1. The molecule has 0 radical (unpaired) electrons. The summed E-state index contributed by atoms with van der Waals surface area (Å²) in [5, 5.41) is 3.44. The van der Waals surface area contributed by atoms with Gasteiger partial charge < -0.3 is 10.2 Å². The third kappa shape index (κ3) is 9.86. The number of hydrogen-bond acceptors (Lipinski definition) is 2. The zero-order valence-corrected chi connectivity index (χ0v) is 13.5. The molecule has 0 fully saturated rings. The van der Waals surface area contributed by atoms with Crippen LogP contribution in [-0.2, 0) is 6.54 Å². The van der Waals surface area contributed by atoms with Gasteiger partial charge in [0.05, 0.1) is 0 Å². The van der Waals surface area contributed by atoms with E-state index in [2.05, 4.69) is 64.5 Å². The average Bonchev–Trinajstić information content (AvgIpc) is 2.17. The van der Waals surface area contributed by atoms with Gasteiger partial charge in [-0.05, 0) is 51.3 Å². The fourth-order valence-electron chi connectivity index (χ4n) is 1.40. The largest absolute Gasteiger partial charge is 0.313 e. The maximum absolute atomic E-state index is 3.47. The molecule has 0 saturated heterocycles. The molecule has 1 aromatic carbocycles. The number of benzene rings is 1. The maximum Gasteiger partial charge on any atom is 0.0205 e. The van der Waals surface area contributed by atoms with E-state index >= 15 is 0 Å². The Labute approximate surface area is 125 Å². The van der Waals surface area contributed by atoms with Crippen LogP contribution in [0.15, 0.2) is 28.7 Å². The molecular weight excluding hydrogens is 323 g/mol. The summed E-state index contributed by atoms with van der Waals surface area (Å²) in [7, 11) is 4.21. The molecule has 5 heteroatoms. The molecule has 1 N–H and O–H groups in total. The topological polar surface area (TPSA) is 15.3 Å². The number of halogens is 3. The van der Waals surface area contributed by atoms with Crippen molar-refractivity contribution in [1.29, 1.82) is 0 Å². The molecule has 0 unspecified atom stereocenters. The van der Waals surface area contributed by atoms with Crippen LogP contribution < -0.4 is 5.32 Å². The zero-order valence-electron chi connectivity index (χ0n) is 10.3. The van der Waals surface area contributed by atoms with Crippen LogP contribution >= 0.6 is 40.7 Å². The van der Waals surface area contributed by atoms with Gasteiger partial charge in [-0.1, -0.05) is 28.1 Å². The Morgan fingerprint density at radius 2 is 1.94 bits per heavy atom. The first-order valence-corrected chi connectivity index (χ1v) is 6.07. The first-order chi connectivity index (χ1) is 7.18. The molecule has 0 aliphatic heterocycles. The maximum atomic E-state index is 3.47. The molecule has 0 heterocycles. The van der Waals surface area contributed by atoms with Crippen molar-refractivity contribution >= 4 is 40.7 Å². The standard InChI is InChI=1S/C12H19BrN2.2ClH/c1-15(2)8-4-7-14-10-11-5-3-6-12(13)9-11;;/h3,5-6,9,14H,4,7-8,10H2,1-2H3;2*1H. The minimum absolute atomic E-state index is 0. The van der Waals surface area contributed by atoms with Gasteiger partial charge in [0.25, 0.3) is 0 Å². The van der Waals surface area contributed by atoms with Gasteiger partial charge in [0.15, 0.2) is 0 Å². The minimum Gasteiger partial charge on any atom is -0.313 e. The predicted molar refractivity (Wildman–Crippen MR) is 83.5 cm³/mol. The molecule has 1 rings (SSSR count). The number of hydrogen-bond donors (Lipinski definition) is 1. The Kier molecular flexibility index (Phi) is 13.0. The van der Waals surface area contributed by atoms with Crippen LogP contribution in [0.5, 0.6) is 0 Å². The summed E-state index contributed by atoms with van der Waals surface area (Å²) in [4.78, 5) is 2.21. The van der Waals surface area contributed by atoms with Crippen LogP contribution in [0.1, 0.15) is 12.0 Å². The number of nitrogens with zero attached hydrogens (tertiary/aromatic N) is 1. The Balaban J connectivity index is 0. The van der Waals surface area contributed by atoms with Crippen molar-refractivity contribution < 1.29 is 0 Å². The van der Waals surface area contributed by atoms with Gasteiger partial charge in [0.1, 0.15) is 0 Å². The Morgan fingerprint density at radius 1 is 1.24 bits per heavy atom. The van der Waals surface area contributed by atoms with Gasteiger partial charge in [-0.2, -0.15) is 0 Å². The quantitative estimate of drug-likeness (QED) is 0.797. The predicted octanol–water partition coefficient (Wildman–Crippen LogP) is 3.33. The lowest BCUT2D eigenvalue weighted by Crippen LogP contribution is -2.20. The normalized spacial score (nSPS) is 9.65. The summed E-state index contributed by atoms with van der Waals surface area (Å²) in [6.07, 6.45) is 1.20. The molecule has 0 saturated carbocycles. The fraction of sp³-hybridized carbons (Fsp3) is 0.500. The van der Waals surface area contributed by atoms with Crippen molar-refractivity contribution in [2.75, 3.05) is 27.2 Å². The van der Waals surface area contributed by atoms with Crippen molar-refractivity contribution in [2.24, 2.45) is 0 Å². The summed E-state index contributed by atoms with van der Waals surface area (Å²) in [5.74, 6) is 0. The minimum atomic E-state index is 0. The van der Waals surface area contributed by atoms with E-state index in [4.69, 9.17) is 0 Å². The van der Waals surface area contributed by atoms with Crippen molar-refractivity contribution in [3.05, 3.63) is 34.3 Å². The molecule has 0 atom stereocenters. The third-order valence-corrected chi connectivity index (χ3v) is 2.67. The lowest BCUT2D eigenvalue weighted by molar-refractivity contribution is 0.394. The first kappa shape index (κ1) is 19.5. The van der Waals surface area contributed by atoms with Crippen LogP contribution in [0, 0.1) is 0 Å². The molecule has 17 heavy (non-hydrogen) atoms. The summed E-state index contributed by atoms with van der Waals surface area (Å²) >= 11 is 3.47. The highest BCUT2D eigenvalue weighted by Gasteiger charge is 1.94. The molecule has 0 aliphatic carbocycles. The molecule has 0 amide bonds. The molecular formula is C12H21BrCl2N2. The van der Waals surface area contributed by atoms with E-state index in [0.717, 1.165) is 24.1 Å².